The molecule has 0 bridgehead atoms. The lowest BCUT2D eigenvalue weighted by Gasteiger charge is -2.38. The van der Waals surface area contributed by atoms with E-state index in [0.717, 1.165) is 27.7 Å². The molecular formula is C24H35ClN4O3S. The summed E-state index contributed by atoms with van der Waals surface area (Å²) in [5, 5.41) is 8.14. The van der Waals surface area contributed by atoms with E-state index in [4.69, 9.17) is 21.4 Å². The molecule has 1 N–H and O–H groups in total. The maximum Gasteiger partial charge on any atom is 0.410 e. The van der Waals surface area contributed by atoms with E-state index < -0.39 is 11.0 Å². The molecular weight excluding hydrogens is 460 g/mol. The van der Waals surface area contributed by atoms with Gasteiger partial charge in [0.15, 0.2) is 0 Å². The van der Waals surface area contributed by atoms with Crippen LogP contribution in [0.15, 0.2) is 18.2 Å². The number of thiophene rings is 1. The second kappa shape index (κ2) is 9.29. The highest BCUT2D eigenvalue weighted by Crippen LogP contribution is 2.36. The van der Waals surface area contributed by atoms with Gasteiger partial charge in [0.2, 0.25) is 0 Å². The number of carbonyl (C=O) groups is 2. The molecule has 0 aromatic carbocycles. The van der Waals surface area contributed by atoms with E-state index >= 15 is 0 Å². The molecule has 1 fully saturated rings. The number of hydrogen-bond acceptors (Lipinski definition) is 6. The summed E-state index contributed by atoms with van der Waals surface area (Å²) >= 11 is 7.57. The highest BCUT2D eigenvalue weighted by atomic mass is 35.5. The molecule has 9 heteroatoms. The van der Waals surface area contributed by atoms with E-state index in [1.54, 1.807) is 4.90 Å². The summed E-state index contributed by atoms with van der Waals surface area (Å²) in [6, 6.07) is 5.81. The average Bonchev–Trinajstić information content (AvgIpc) is 3.30. The largest absolute Gasteiger partial charge is 0.444 e. The van der Waals surface area contributed by atoms with Crippen LogP contribution in [-0.4, -0.2) is 45.4 Å². The summed E-state index contributed by atoms with van der Waals surface area (Å²) in [5.41, 5.74) is -0.481. The molecule has 1 aliphatic heterocycles. The van der Waals surface area contributed by atoms with Gasteiger partial charge in [-0.2, -0.15) is 9.78 Å². The lowest BCUT2D eigenvalue weighted by atomic mass is 9.77. The first-order valence-electron chi connectivity index (χ1n) is 11.3. The molecule has 7 nitrogen and oxygen atoms in total. The Labute approximate surface area is 205 Å². The Hall–Kier alpha value is -2.06. The van der Waals surface area contributed by atoms with Crippen molar-refractivity contribution < 1.29 is 14.3 Å². The minimum Gasteiger partial charge on any atom is -0.444 e. The third-order valence-corrected chi connectivity index (χ3v) is 6.98. The van der Waals surface area contributed by atoms with Gasteiger partial charge in [-0.3, -0.25) is 4.79 Å². The van der Waals surface area contributed by atoms with Crippen LogP contribution in [0, 0.1) is 5.41 Å². The van der Waals surface area contributed by atoms with Crippen LogP contribution in [0.1, 0.15) is 76.7 Å². The lowest BCUT2D eigenvalue weighted by molar-refractivity contribution is 0.0170. The minimum atomic E-state index is -0.576. The Balaban J connectivity index is 1.80. The van der Waals surface area contributed by atoms with Crippen molar-refractivity contribution in [3.05, 3.63) is 33.1 Å². The van der Waals surface area contributed by atoms with Gasteiger partial charge in [-0.1, -0.05) is 39.3 Å². The zero-order valence-electron chi connectivity index (χ0n) is 20.6. The van der Waals surface area contributed by atoms with Gasteiger partial charge in [0.1, 0.15) is 11.4 Å². The zero-order valence-corrected chi connectivity index (χ0v) is 22.2. The van der Waals surface area contributed by atoms with Crippen LogP contribution in [0.2, 0.25) is 4.34 Å². The highest BCUT2D eigenvalue weighted by Gasteiger charge is 2.38. The fraction of sp³-hybridized carbons (Fsp3) is 0.625. The van der Waals surface area contributed by atoms with Crippen LogP contribution in [0.25, 0.3) is 0 Å². The van der Waals surface area contributed by atoms with Crippen LogP contribution < -0.4 is 5.32 Å². The number of hydrogen-bond donors (Lipinski definition) is 1. The molecule has 2 aromatic rings. The van der Waals surface area contributed by atoms with E-state index in [1.165, 1.54) is 16.0 Å². The number of aromatic nitrogens is 2. The van der Waals surface area contributed by atoms with Crippen LogP contribution >= 0.6 is 22.9 Å². The molecule has 3 rings (SSSR count). The third-order valence-electron chi connectivity index (χ3n) is 5.75. The highest BCUT2D eigenvalue weighted by molar-refractivity contribution is 7.16. The van der Waals surface area contributed by atoms with Crippen molar-refractivity contribution in [2.45, 2.75) is 78.9 Å². The van der Waals surface area contributed by atoms with Gasteiger partial charge in [-0.15, -0.1) is 11.3 Å². The van der Waals surface area contributed by atoms with Gasteiger partial charge < -0.3 is 15.0 Å². The summed E-state index contributed by atoms with van der Waals surface area (Å²) in [7, 11) is 0. The molecule has 0 spiro atoms. The second-order valence-corrected chi connectivity index (χ2v) is 12.8. The van der Waals surface area contributed by atoms with E-state index in [2.05, 4.69) is 12.2 Å². The van der Waals surface area contributed by atoms with Gasteiger partial charge >= 0.3 is 6.09 Å². The average molecular weight is 495 g/mol. The van der Waals surface area contributed by atoms with Crippen LogP contribution in [-0.2, 0) is 16.7 Å². The van der Waals surface area contributed by atoms with Gasteiger partial charge in [-0.05, 0) is 45.7 Å². The van der Waals surface area contributed by atoms with E-state index in [1.807, 2.05) is 59.7 Å². The number of ether oxygens (including phenoxy) is 1. The Morgan fingerprint density at radius 3 is 2.33 bits per heavy atom. The number of nitrogens with one attached hydrogen (secondary N) is 1. The Kier molecular flexibility index (Phi) is 7.20. The lowest BCUT2D eigenvalue weighted by Crippen LogP contribution is -2.46. The molecule has 0 radical (unpaired) electrons. The maximum atomic E-state index is 13.1. The standard InChI is InChI=1S/C24H35ClN4O3S/c1-22(2,3)20(30)29-19(26-15-16-8-9-18(25)33-16)14-17(27-29)24(7)10-12-28(13-11-24)21(31)32-23(4,5)6/h8-9,14,26H,10-13,15H2,1-7H3. The maximum absolute atomic E-state index is 13.1. The summed E-state index contributed by atoms with van der Waals surface area (Å²) in [6.07, 6.45) is 1.20. The van der Waals surface area contributed by atoms with Crippen LogP contribution in [0.3, 0.4) is 0 Å². The van der Waals surface area contributed by atoms with Crippen molar-refractivity contribution in [3.8, 4) is 0 Å². The fourth-order valence-electron chi connectivity index (χ4n) is 3.66. The molecule has 0 saturated carbocycles. The molecule has 0 atom stereocenters. The van der Waals surface area contributed by atoms with Crippen molar-refractivity contribution in [2.24, 2.45) is 5.41 Å². The first-order valence-corrected chi connectivity index (χ1v) is 12.5. The summed E-state index contributed by atoms with van der Waals surface area (Å²) < 4.78 is 7.75. The number of rotatable bonds is 4. The predicted molar refractivity (Wildman–Crippen MR) is 133 cm³/mol. The molecule has 0 aliphatic carbocycles. The molecule has 3 heterocycles. The Bertz CT molecular complexity index is 1010. The SMILES string of the molecule is CC(C)(C)OC(=O)N1CCC(C)(c2cc(NCc3ccc(Cl)s3)n(C(=O)C(C)(C)C)n2)CC1. The topological polar surface area (TPSA) is 76.5 Å². The van der Waals surface area contributed by atoms with Gasteiger partial charge in [-0.25, -0.2) is 4.79 Å². The smallest absolute Gasteiger partial charge is 0.410 e. The number of anilines is 1. The van der Waals surface area contributed by atoms with Gasteiger partial charge in [0.05, 0.1) is 16.6 Å². The number of likely N-dealkylation sites (tertiary alicyclic amines) is 1. The second-order valence-electron chi connectivity index (χ2n) is 11.0. The third kappa shape index (κ3) is 6.29. The van der Waals surface area contributed by atoms with Crippen molar-refractivity contribution in [3.63, 3.8) is 0 Å². The summed E-state index contributed by atoms with van der Waals surface area (Å²) in [5.74, 6) is 0.598. The molecule has 33 heavy (non-hydrogen) atoms. The number of piperidine rings is 1. The van der Waals surface area contributed by atoms with Crippen molar-refractivity contribution in [2.75, 3.05) is 18.4 Å². The number of amides is 1. The zero-order chi connectivity index (χ0) is 24.6. The number of nitrogens with zero attached hydrogens (tertiary/aromatic N) is 3. The normalized spacial score (nSPS) is 16.5. The number of halogens is 1. The minimum absolute atomic E-state index is 0.0738. The monoisotopic (exact) mass is 494 g/mol. The van der Waals surface area contributed by atoms with E-state index in [-0.39, 0.29) is 17.4 Å². The molecule has 2 aromatic heterocycles. The summed E-state index contributed by atoms with van der Waals surface area (Å²) in [4.78, 5) is 28.4. The first kappa shape index (κ1) is 25.6. The molecule has 0 unspecified atom stereocenters. The predicted octanol–water partition coefficient (Wildman–Crippen LogP) is 6.19. The molecule has 182 valence electrons. The molecule has 1 aliphatic rings. The van der Waals surface area contributed by atoms with Gasteiger partial charge in [0, 0.05) is 34.9 Å². The molecule has 1 amide bonds. The van der Waals surface area contributed by atoms with Crippen LogP contribution in [0.4, 0.5) is 10.6 Å². The summed E-state index contributed by atoms with van der Waals surface area (Å²) in [6.45, 7) is 15.2. The van der Waals surface area contributed by atoms with E-state index in [0.29, 0.717) is 25.5 Å². The Morgan fingerprint density at radius 2 is 1.82 bits per heavy atom. The Morgan fingerprint density at radius 1 is 1.18 bits per heavy atom. The fourth-order valence-corrected chi connectivity index (χ4v) is 4.69. The van der Waals surface area contributed by atoms with E-state index in [9.17, 15) is 9.59 Å². The first-order chi connectivity index (χ1) is 15.2. The van der Waals surface area contributed by atoms with Crippen molar-refractivity contribution in [1.29, 1.82) is 0 Å². The quantitative estimate of drug-likeness (QED) is 0.548. The van der Waals surface area contributed by atoms with Crippen LogP contribution in [0.5, 0.6) is 0 Å². The van der Waals surface area contributed by atoms with Crippen molar-refractivity contribution in [1.82, 2.24) is 14.7 Å². The number of carbonyl (C=O) groups excluding carboxylic acids is 2. The van der Waals surface area contributed by atoms with Gasteiger partial charge in [0.25, 0.3) is 5.91 Å². The van der Waals surface area contributed by atoms with Crippen molar-refractivity contribution >= 4 is 40.8 Å². The molecule has 1 saturated heterocycles.